The summed E-state index contributed by atoms with van der Waals surface area (Å²) < 4.78 is 24.3. The lowest BCUT2D eigenvalue weighted by atomic mass is 10.2. The first-order chi connectivity index (χ1) is 10.2. The van der Waals surface area contributed by atoms with Crippen molar-refractivity contribution in [3.63, 3.8) is 0 Å². The minimum Gasteiger partial charge on any atom is -0.486 e. The van der Waals surface area contributed by atoms with Crippen molar-refractivity contribution < 1.29 is 13.9 Å². The summed E-state index contributed by atoms with van der Waals surface area (Å²) in [5.41, 5.74) is 1.38. The first-order valence-corrected chi connectivity index (χ1v) is 6.73. The van der Waals surface area contributed by atoms with Gasteiger partial charge in [0.15, 0.2) is 11.6 Å². The maximum Gasteiger partial charge on any atom is 0.219 e. The highest BCUT2D eigenvalue weighted by atomic mass is 35.5. The van der Waals surface area contributed by atoms with Crippen molar-refractivity contribution in [2.24, 2.45) is 0 Å². The summed E-state index contributed by atoms with van der Waals surface area (Å²) in [7, 11) is 1.52. The molecule has 0 spiro atoms. The quantitative estimate of drug-likeness (QED) is 0.641. The molecule has 0 saturated heterocycles. The Kier molecular flexibility index (Phi) is 5.42. The van der Waals surface area contributed by atoms with Gasteiger partial charge < -0.3 is 9.47 Å². The predicted octanol–water partition coefficient (Wildman–Crippen LogP) is 3.40. The summed E-state index contributed by atoms with van der Waals surface area (Å²) in [5, 5.41) is 0. The molecule has 0 fully saturated rings. The van der Waals surface area contributed by atoms with Gasteiger partial charge in [-0.05, 0) is 30.3 Å². The number of aromatic nitrogens is 1. The van der Waals surface area contributed by atoms with Gasteiger partial charge in [-0.15, -0.1) is 11.6 Å². The average Bonchev–Trinajstić information content (AvgIpc) is 2.53. The van der Waals surface area contributed by atoms with E-state index in [2.05, 4.69) is 16.8 Å². The molecule has 2 rings (SSSR count). The van der Waals surface area contributed by atoms with Gasteiger partial charge in [-0.2, -0.15) is 0 Å². The highest BCUT2D eigenvalue weighted by Crippen LogP contribution is 2.22. The highest BCUT2D eigenvalue weighted by Gasteiger charge is 2.08. The van der Waals surface area contributed by atoms with E-state index >= 15 is 0 Å². The van der Waals surface area contributed by atoms with Gasteiger partial charge in [0.25, 0.3) is 0 Å². The number of hydrogen-bond acceptors (Lipinski definition) is 3. The Labute approximate surface area is 127 Å². The van der Waals surface area contributed by atoms with Crippen LogP contribution in [0.2, 0.25) is 0 Å². The largest absolute Gasteiger partial charge is 0.486 e. The molecule has 0 N–H and O–H groups in total. The summed E-state index contributed by atoms with van der Waals surface area (Å²) in [6.07, 6.45) is 1.62. The topological polar surface area (TPSA) is 31.4 Å². The Morgan fingerprint density at radius 3 is 2.95 bits per heavy atom. The molecule has 0 atom stereocenters. The van der Waals surface area contributed by atoms with E-state index < -0.39 is 5.82 Å². The normalized spacial score (nSPS) is 9.67. The molecular formula is C16H13ClFNO2. The van der Waals surface area contributed by atoms with Crippen LogP contribution in [0.25, 0.3) is 0 Å². The Hall–Kier alpha value is -2.25. The zero-order valence-corrected chi connectivity index (χ0v) is 12.2. The van der Waals surface area contributed by atoms with Crippen LogP contribution in [-0.2, 0) is 6.61 Å². The number of methoxy groups -OCH3 is 1. The zero-order chi connectivity index (χ0) is 15.1. The van der Waals surface area contributed by atoms with Gasteiger partial charge in [0.2, 0.25) is 5.88 Å². The number of ether oxygens (including phenoxy) is 2. The molecule has 1 aromatic heterocycles. The van der Waals surface area contributed by atoms with Crippen molar-refractivity contribution in [2.75, 3.05) is 13.0 Å². The molecule has 0 aliphatic rings. The zero-order valence-electron chi connectivity index (χ0n) is 11.4. The van der Waals surface area contributed by atoms with E-state index in [0.29, 0.717) is 11.4 Å². The van der Waals surface area contributed by atoms with E-state index in [9.17, 15) is 4.39 Å². The van der Waals surface area contributed by atoms with Gasteiger partial charge >= 0.3 is 0 Å². The second-order valence-electron chi connectivity index (χ2n) is 4.04. The molecule has 1 heterocycles. The van der Waals surface area contributed by atoms with Crippen LogP contribution in [0, 0.1) is 17.7 Å². The summed E-state index contributed by atoms with van der Waals surface area (Å²) in [6.45, 7) is 0.153. The van der Waals surface area contributed by atoms with Crippen LogP contribution >= 0.6 is 11.6 Å². The van der Waals surface area contributed by atoms with Gasteiger partial charge in [0.1, 0.15) is 6.61 Å². The van der Waals surface area contributed by atoms with Gasteiger partial charge in [-0.1, -0.05) is 11.8 Å². The van der Waals surface area contributed by atoms with E-state index in [1.165, 1.54) is 19.2 Å². The lowest BCUT2D eigenvalue weighted by molar-refractivity contribution is 0.280. The van der Waals surface area contributed by atoms with Crippen molar-refractivity contribution in [3.8, 4) is 23.5 Å². The number of halogens is 2. The van der Waals surface area contributed by atoms with Crippen molar-refractivity contribution >= 4 is 11.6 Å². The lowest BCUT2D eigenvalue weighted by Gasteiger charge is -2.10. The lowest BCUT2D eigenvalue weighted by Crippen LogP contribution is -2.01. The first kappa shape index (κ1) is 15.1. The minimum atomic E-state index is -0.450. The molecule has 21 heavy (non-hydrogen) atoms. The Balaban J connectivity index is 2.15. The Morgan fingerprint density at radius 1 is 1.33 bits per heavy atom. The van der Waals surface area contributed by atoms with Crippen molar-refractivity contribution in [1.82, 2.24) is 4.98 Å². The second-order valence-corrected chi connectivity index (χ2v) is 4.31. The van der Waals surface area contributed by atoms with Crippen molar-refractivity contribution in [1.29, 1.82) is 0 Å². The van der Waals surface area contributed by atoms with E-state index in [4.69, 9.17) is 21.1 Å². The fourth-order valence-electron chi connectivity index (χ4n) is 1.70. The van der Waals surface area contributed by atoms with Gasteiger partial charge in [-0.3, -0.25) is 0 Å². The van der Waals surface area contributed by atoms with Crippen LogP contribution in [0.1, 0.15) is 11.1 Å². The number of pyridine rings is 1. The third-order valence-electron chi connectivity index (χ3n) is 2.66. The number of benzene rings is 1. The van der Waals surface area contributed by atoms with Crippen molar-refractivity contribution in [3.05, 3.63) is 53.5 Å². The van der Waals surface area contributed by atoms with Gasteiger partial charge in [0, 0.05) is 11.8 Å². The molecule has 3 nitrogen and oxygen atoms in total. The van der Waals surface area contributed by atoms with Crippen molar-refractivity contribution in [2.45, 2.75) is 6.61 Å². The van der Waals surface area contributed by atoms with Crippen LogP contribution in [0.15, 0.2) is 36.5 Å². The number of alkyl halides is 1. The molecule has 5 heteroatoms. The third kappa shape index (κ3) is 4.11. The molecule has 0 bridgehead atoms. The Bertz CT molecular complexity index is 679. The van der Waals surface area contributed by atoms with E-state index in [1.54, 1.807) is 24.4 Å². The Morgan fingerprint density at radius 2 is 2.19 bits per heavy atom. The monoisotopic (exact) mass is 305 g/mol. The molecular weight excluding hydrogens is 293 g/mol. The van der Waals surface area contributed by atoms with Crippen LogP contribution < -0.4 is 9.47 Å². The fourth-order valence-corrected chi connectivity index (χ4v) is 1.77. The third-order valence-corrected chi connectivity index (χ3v) is 2.79. The maximum absolute atomic E-state index is 13.7. The number of nitrogens with zero attached hydrogens (tertiary/aromatic N) is 1. The number of rotatable bonds is 4. The molecule has 0 radical (unpaired) electrons. The summed E-state index contributed by atoms with van der Waals surface area (Å²) in [4.78, 5) is 4.06. The molecule has 0 unspecified atom stereocenters. The maximum atomic E-state index is 13.7. The van der Waals surface area contributed by atoms with Gasteiger partial charge in [-0.25, -0.2) is 9.37 Å². The molecule has 0 amide bonds. The summed E-state index contributed by atoms with van der Waals surface area (Å²) >= 11 is 5.50. The summed E-state index contributed by atoms with van der Waals surface area (Å²) in [6, 6.07) is 8.00. The molecule has 0 aliphatic carbocycles. The smallest absolute Gasteiger partial charge is 0.219 e. The summed E-state index contributed by atoms with van der Waals surface area (Å²) in [5.74, 6) is 5.88. The molecule has 1 aromatic carbocycles. The molecule has 108 valence electrons. The van der Waals surface area contributed by atoms with Crippen LogP contribution in [-0.4, -0.2) is 18.0 Å². The first-order valence-electron chi connectivity index (χ1n) is 6.19. The number of hydrogen-bond donors (Lipinski definition) is 0. The van der Waals surface area contributed by atoms with Crippen LogP contribution in [0.3, 0.4) is 0 Å². The van der Waals surface area contributed by atoms with E-state index in [-0.39, 0.29) is 18.2 Å². The predicted molar refractivity (Wildman–Crippen MR) is 79.1 cm³/mol. The SMILES string of the molecule is COc1ncccc1COc1cc(C#CCCl)ccc1F. The average molecular weight is 306 g/mol. The highest BCUT2D eigenvalue weighted by molar-refractivity contribution is 6.19. The minimum absolute atomic E-state index is 0.127. The van der Waals surface area contributed by atoms with Crippen LogP contribution in [0.4, 0.5) is 4.39 Å². The van der Waals surface area contributed by atoms with Gasteiger partial charge in [0.05, 0.1) is 18.6 Å². The molecule has 2 aromatic rings. The van der Waals surface area contributed by atoms with Crippen LogP contribution in [0.5, 0.6) is 11.6 Å². The molecule has 0 aliphatic heterocycles. The molecule has 0 saturated carbocycles. The second kappa shape index (κ2) is 7.51. The van der Waals surface area contributed by atoms with E-state index in [0.717, 1.165) is 5.56 Å². The van der Waals surface area contributed by atoms with E-state index in [1.807, 2.05) is 0 Å². The standard InChI is InChI=1S/C16H13ClFNO2/c1-20-16-13(5-3-9-19-16)11-21-15-10-12(4-2-8-17)6-7-14(15)18/h3,5-7,9-10H,8,11H2,1H3. The fraction of sp³-hybridized carbons (Fsp3) is 0.188.